The molecule has 1 N–H and O–H groups in total. The molecule has 3 rings (SSSR count). The van der Waals surface area contributed by atoms with E-state index >= 15 is 0 Å². The number of esters is 1. The Morgan fingerprint density at radius 1 is 1.20 bits per heavy atom. The molecule has 0 unspecified atom stereocenters. The van der Waals surface area contributed by atoms with Crippen molar-refractivity contribution in [1.82, 2.24) is 4.72 Å². The van der Waals surface area contributed by atoms with Gasteiger partial charge in [-0.25, -0.2) is 22.3 Å². The number of sulfonamides is 1. The minimum Gasteiger partial charge on any atom is -0.457 e. The molecule has 0 spiro atoms. The van der Waals surface area contributed by atoms with Crippen LogP contribution in [0.1, 0.15) is 28.8 Å². The predicted octanol–water partition coefficient (Wildman–Crippen LogP) is 3.39. The highest BCUT2D eigenvalue weighted by Crippen LogP contribution is 2.23. The van der Waals surface area contributed by atoms with E-state index in [1.807, 2.05) is 0 Å². The van der Waals surface area contributed by atoms with Crippen LogP contribution in [0, 0.1) is 5.82 Å². The quantitative estimate of drug-likeness (QED) is 0.717. The number of nitrogens with one attached hydrogen (secondary N) is 1. The number of benzene rings is 2. The number of hydrogen-bond donors (Lipinski definition) is 1. The normalized spacial score (nSPS) is 14.3. The Bertz CT molecular complexity index is 895. The van der Waals surface area contributed by atoms with E-state index in [0.29, 0.717) is 10.0 Å². The van der Waals surface area contributed by atoms with Crippen LogP contribution in [0.2, 0.25) is 0 Å². The molecule has 1 aliphatic rings. The first kappa shape index (κ1) is 18.0. The second kappa shape index (κ2) is 7.23. The first-order chi connectivity index (χ1) is 11.8. The summed E-state index contributed by atoms with van der Waals surface area (Å²) in [6.45, 7) is -0.0248. The van der Waals surface area contributed by atoms with Crippen LogP contribution in [-0.2, 0) is 21.4 Å². The lowest BCUT2D eigenvalue weighted by Gasteiger charge is -2.08. The van der Waals surface area contributed by atoms with Gasteiger partial charge in [-0.3, -0.25) is 0 Å². The molecule has 1 aliphatic carbocycles. The van der Waals surface area contributed by atoms with Crippen molar-refractivity contribution < 1.29 is 22.3 Å². The second-order valence-electron chi connectivity index (χ2n) is 5.73. The van der Waals surface area contributed by atoms with E-state index in [1.165, 1.54) is 42.5 Å². The number of rotatable bonds is 6. The van der Waals surface area contributed by atoms with Crippen LogP contribution in [-0.4, -0.2) is 20.4 Å². The standard InChI is InChI=1S/C17H15BrFNO4S/c18-16-9-13(19)4-1-12(16)10-24-17(21)11-2-7-15(8-3-11)25(22,23)20-14-5-6-14/h1-4,7-9,14,20H,5-6,10H2. The van der Waals surface area contributed by atoms with Crippen molar-refractivity contribution >= 4 is 31.9 Å². The zero-order chi connectivity index (χ0) is 18.0. The molecule has 0 aliphatic heterocycles. The number of carbonyl (C=O) groups is 1. The fourth-order valence-electron chi connectivity index (χ4n) is 2.12. The molecule has 5 nitrogen and oxygen atoms in total. The molecule has 132 valence electrons. The summed E-state index contributed by atoms with van der Waals surface area (Å²) in [7, 11) is -3.55. The Kier molecular flexibility index (Phi) is 5.21. The van der Waals surface area contributed by atoms with Gasteiger partial charge in [0.15, 0.2) is 0 Å². The summed E-state index contributed by atoms with van der Waals surface area (Å²) in [5.74, 6) is -0.978. The van der Waals surface area contributed by atoms with Gasteiger partial charge in [-0.15, -0.1) is 0 Å². The van der Waals surface area contributed by atoms with Crippen molar-refractivity contribution in [3.63, 3.8) is 0 Å². The second-order valence-corrected chi connectivity index (χ2v) is 8.30. The lowest BCUT2D eigenvalue weighted by atomic mass is 10.2. The van der Waals surface area contributed by atoms with E-state index in [9.17, 15) is 17.6 Å². The van der Waals surface area contributed by atoms with Crippen LogP contribution in [0.25, 0.3) is 0 Å². The van der Waals surface area contributed by atoms with E-state index in [1.54, 1.807) is 0 Å². The highest BCUT2D eigenvalue weighted by molar-refractivity contribution is 9.10. The van der Waals surface area contributed by atoms with Gasteiger partial charge in [0.1, 0.15) is 12.4 Å². The fraction of sp³-hybridized carbons (Fsp3) is 0.235. The SMILES string of the molecule is O=C(OCc1ccc(F)cc1Br)c1ccc(S(=O)(=O)NC2CC2)cc1. The molecule has 1 fully saturated rings. The zero-order valence-corrected chi connectivity index (χ0v) is 15.4. The van der Waals surface area contributed by atoms with Gasteiger partial charge < -0.3 is 4.74 Å². The molecule has 0 heterocycles. The summed E-state index contributed by atoms with van der Waals surface area (Å²) in [6.07, 6.45) is 1.70. The van der Waals surface area contributed by atoms with Gasteiger partial charge in [0, 0.05) is 16.1 Å². The van der Waals surface area contributed by atoms with Gasteiger partial charge in [0.2, 0.25) is 10.0 Å². The van der Waals surface area contributed by atoms with E-state index < -0.39 is 21.8 Å². The third-order valence-electron chi connectivity index (χ3n) is 3.67. The maximum atomic E-state index is 13.0. The predicted molar refractivity (Wildman–Crippen MR) is 93.0 cm³/mol. The Morgan fingerprint density at radius 3 is 2.48 bits per heavy atom. The Balaban J connectivity index is 1.64. The van der Waals surface area contributed by atoms with Crippen LogP contribution in [0.3, 0.4) is 0 Å². The highest BCUT2D eigenvalue weighted by atomic mass is 79.9. The minimum atomic E-state index is -3.55. The van der Waals surface area contributed by atoms with Crippen molar-refractivity contribution in [2.75, 3.05) is 0 Å². The largest absolute Gasteiger partial charge is 0.457 e. The maximum Gasteiger partial charge on any atom is 0.338 e. The smallest absolute Gasteiger partial charge is 0.338 e. The molecule has 2 aromatic rings. The summed E-state index contributed by atoms with van der Waals surface area (Å²) in [6, 6.07) is 9.66. The van der Waals surface area contributed by atoms with Crippen LogP contribution in [0.4, 0.5) is 4.39 Å². The summed E-state index contributed by atoms with van der Waals surface area (Å²) < 4.78 is 45.4. The van der Waals surface area contributed by atoms with Gasteiger partial charge in [-0.2, -0.15) is 0 Å². The molecule has 0 atom stereocenters. The average Bonchev–Trinajstić information content (AvgIpc) is 3.37. The first-order valence-corrected chi connectivity index (χ1v) is 9.86. The number of carbonyl (C=O) groups excluding carboxylic acids is 1. The van der Waals surface area contributed by atoms with Crippen molar-refractivity contribution in [1.29, 1.82) is 0 Å². The van der Waals surface area contributed by atoms with Gasteiger partial charge in [-0.05, 0) is 49.2 Å². The van der Waals surface area contributed by atoms with E-state index in [4.69, 9.17) is 4.74 Å². The summed E-state index contributed by atoms with van der Waals surface area (Å²) in [5, 5.41) is 0. The van der Waals surface area contributed by atoms with Gasteiger partial charge >= 0.3 is 5.97 Å². The monoisotopic (exact) mass is 427 g/mol. The molecule has 1 saturated carbocycles. The molecule has 0 aromatic heterocycles. The third kappa shape index (κ3) is 4.65. The molecule has 25 heavy (non-hydrogen) atoms. The van der Waals surface area contributed by atoms with Gasteiger partial charge in [-0.1, -0.05) is 22.0 Å². The number of halogens is 2. The van der Waals surface area contributed by atoms with Crippen LogP contribution in [0.15, 0.2) is 51.8 Å². The van der Waals surface area contributed by atoms with Crippen LogP contribution in [0.5, 0.6) is 0 Å². The van der Waals surface area contributed by atoms with Crippen molar-refractivity contribution in [3.05, 3.63) is 63.9 Å². The molecule has 0 amide bonds. The fourth-order valence-corrected chi connectivity index (χ4v) is 3.89. The van der Waals surface area contributed by atoms with E-state index in [2.05, 4.69) is 20.7 Å². The molecule has 0 saturated heterocycles. The van der Waals surface area contributed by atoms with Crippen molar-refractivity contribution in [2.45, 2.75) is 30.4 Å². The summed E-state index contributed by atoms with van der Waals surface area (Å²) >= 11 is 3.20. The topological polar surface area (TPSA) is 72.5 Å². The zero-order valence-electron chi connectivity index (χ0n) is 13.0. The highest BCUT2D eigenvalue weighted by Gasteiger charge is 2.28. The molecular weight excluding hydrogens is 413 g/mol. The summed E-state index contributed by atoms with van der Waals surface area (Å²) in [5.41, 5.74) is 0.867. The molecular formula is C17H15BrFNO4S. The van der Waals surface area contributed by atoms with E-state index in [-0.39, 0.29) is 23.1 Å². The Hall–Kier alpha value is -1.77. The lowest BCUT2D eigenvalue weighted by Crippen LogP contribution is -2.25. The number of ether oxygens (including phenoxy) is 1. The maximum absolute atomic E-state index is 13.0. The summed E-state index contributed by atoms with van der Waals surface area (Å²) in [4.78, 5) is 12.2. The molecule has 2 aromatic carbocycles. The molecule has 0 radical (unpaired) electrons. The molecule has 8 heteroatoms. The molecule has 0 bridgehead atoms. The van der Waals surface area contributed by atoms with Crippen molar-refractivity contribution in [3.8, 4) is 0 Å². The minimum absolute atomic E-state index is 0.0174. The van der Waals surface area contributed by atoms with E-state index in [0.717, 1.165) is 12.8 Å². The van der Waals surface area contributed by atoms with Gasteiger partial charge in [0.25, 0.3) is 0 Å². The van der Waals surface area contributed by atoms with Crippen LogP contribution >= 0.6 is 15.9 Å². The average molecular weight is 428 g/mol. The van der Waals surface area contributed by atoms with Crippen LogP contribution < -0.4 is 4.72 Å². The van der Waals surface area contributed by atoms with Crippen molar-refractivity contribution in [2.24, 2.45) is 0 Å². The third-order valence-corrected chi connectivity index (χ3v) is 5.95. The first-order valence-electron chi connectivity index (χ1n) is 7.58. The lowest BCUT2D eigenvalue weighted by molar-refractivity contribution is 0.0472. The van der Waals surface area contributed by atoms with Gasteiger partial charge in [0.05, 0.1) is 10.5 Å². The Morgan fingerprint density at radius 2 is 1.88 bits per heavy atom. The number of hydrogen-bond acceptors (Lipinski definition) is 4. The Labute approximate surface area is 153 Å².